The van der Waals surface area contributed by atoms with E-state index in [-0.39, 0.29) is 23.7 Å². The van der Waals surface area contributed by atoms with Crippen molar-refractivity contribution in [1.82, 2.24) is 24.6 Å². The first kappa shape index (κ1) is 18.7. The summed E-state index contributed by atoms with van der Waals surface area (Å²) >= 11 is 0. The molecule has 0 amide bonds. The minimum atomic E-state index is -3.50. The van der Waals surface area contributed by atoms with Gasteiger partial charge >= 0.3 is 0 Å². The summed E-state index contributed by atoms with van der Waals surface area (Å²) in [5.74, 6) is 1.51. The number of hydrogen-bond donors (Lipinski definition) is 1. The first-order chi connectivity index (χ1) is 14.0. The van der Waals surface area contributed by atoms with Gasteiger partial charge in [0.1, 0.15) is 5.82 Å². The zero-order valence-electron chi connectivity index (χ0n) is 16.2. The average molecular weight is 417 g/mol. The Morgan fingerprint density at radius 2 is 2.28 bits per heavy atom. The number of sulfonamides is 1. The first-order valence-corrected chi connectivity index (χ1v) is 11.7. The average Bonchev–Trinajstić information content (AvgIpc) is 3.45. The van der Waals surface area contributed by atoms with Crippen molar-refractivity contribution >= 4 is 33.0 Å². The summed E-state index contributed by atoms with van der Waals surface area (Å²) < 4.78 is 36.1. The molecule has 0 spiro atoms. The van der Waals surface area contributed by atoms with Crippen LogP contribution < -0.4 is 0 Å². The number of hydrogen-bond acceptors (Lipinski definition) is 6. The molecule has 154 valence electrons. The quantitative estimate of drug-likeness (QED) is 0.638. The molecule has 29 heavy (non-hydrogen) atoms. The summed E-state index contributed by atoms with van der Waals surface area (Å²) in [5, 5.41) is 8.74. The van der Waals surface area contributed by atoms with Crippen LogP contribution in [0.1, 0.15) is 44.3 Å². The molecule has 4 heterocycles. The van der Waals surface area contributed by atoms with Crippen LogP contribution in [-0.4, -0.2) is 57.7 Å². The number of rotatable bonds is 5. The van der Waals surface area contributed by atoms with Gasteiger partial charge in [0, 0.05) is 24.9 Å². The van der Waals surface area contributed by atoms with Crippen LogP contribution in [0.25, 0.3) is 16.8 Å². The van der Waals surface area contributed by atoms with E-state index in [9.17, 15) is 8.42 Å². The van der Waals surface area contributed by atoms with Gasteiger partial charge in [-0.3, -0.25) is 4.40 Å². The van der Waals surface area contributed by atoms with Crippen LogP contribution in [-0.2, 0) is 14.8 Å². The number of H-pyrrole nitrogens is 1. The van der Waals surface area contributed by atoms with Gasteiger partial charge < -0.3 is 9.72 Å². The maximum absolute atomic E-state index is 12.3. The molecule has 2 aliphatic rings. The first-order valence-electron chi connectivity index (χ1n) is 10.1. The lowest BCUT2D eigenvalue weighted by atomic mass is 9.97. The van der Waals surface area contributed by atoms with Crippen LogP contribution in [0.2, 0.25) is 0 Å². The molecule has 0 bridgehead atoms. The highest BCUT2D eigenvalue weighted by Gasteiger charge is 2.35. The summed E-state index contributed by atoms with van der Waals surface area (Å²) in [6.45, 7) is 2.82. The summed E-state index contributed by atoms with van der Waals surface area (Å²) in [5.41, 5.74) is 2.46. The highest BCUT2D eigenvalue weighted by atomic mass is 32.2. The zero-order chi connectivity index (χ0) is 20.0. The standard InChI is InChI=1S/C19H24N6O3S/c1-12-7-13(9-22-29(26,27)11-14-3-2-6-28-14)8-15(12)19-24-23-17-10-21-18-16(25(17)19)4-5-20-18/h4-5,9-10,12-15,20H,2-3,6-8,11H2,1H3/b22-9+/t12-,13?,14?,15+/m1/s1. The fourth-order valence-electron chi connectivity index (χ4n) is 4.65. The van der Waals surface area contributed by atoms with Crippen molar-refractivity contribution in [3.8, 4) is 0 Å². The van der Waals surface area contributed by atoms with Crippen LogP contribution in [0.4, 0.5) is 0 Å². The third-order valence-electron chi connectivity index (χ3n) is 6.07. The third-order valence-corrected chi connectivity index (χ3v) is 7.31. The van der Waals surface area contributed by atoms with Crippen LogP contribution in [0, 0.1) is 11.8 Å². The van der Waals surface area contributed by atoms with Crippen molar-refractivity contribution in [3.63, 3.8) is 0 Å². The van der Waals surface area contributed by atoms with E-state index in [2.05, 4.69) is 31.5 Å². The molecule has 1 aliphatic carbocycles. The Hall–Kier alpha value is -2.33. The molecule has 1 aliphatic heterocycles. The van der Waals surface area contributed by atoms with Crippen LogP contribution in [0.15, 0.2) is 22.9 Å². The minimum Gasteiger partial charge on any atom is -0.377 e. The summed E-state index contributed by atoms with van der Waals surface area (Å²) in [4.78, 5) is 7.48. The smallest absolute Gasteiger partial charge is 0.255 e. The lowest BCUT2D eigenvalue weighted by molar-refractivity contribution is 0.127. The van der Waals surface area contributed by atoms with Crippen molar-refractivity contribution < 1.29 is 13.2 Å². The van der Waals surface area contributed by atoms with Crippen molar-refractivity contribution in [2.24, 2.45) is 16.2 Å². The van der Waals surface area contributed by atoms with Gasteiger partial charge in [0.25, 0.3) is 10.0 Å². The zero-order valence-corrected chi connectivity index (χ0v) is 17.0. The Morgan fingerprint density at radius 1 is 1.38 bits per heavy atom. The minimum absolute atomic E-state index is 0.0253. The van der Waals surface area contributed by atoms with Crippen molar-refractivity contribution in [2.75, 3.05) is 12.4 Å². The third kappa shape index (κ3) is 3.55. The van der Waals surface area contributed by atoms with Crippen molar-refractivity contribution in [3.05, 3.63) is 24.3 Å². The molecular formula is C19H24N6O3S. The highest BCUT2D eigenvalue weighted by molar-refractivity contribution is 7.90. The molecule has 1 saturated heterocycles. The predicted molar refractivity (Wildman–Crippen MR) is 109 cm³/mol. The monoisotopic (exact) mass is 416 g/mol. The van der Waals surface area contributed by atoms with E-state index in [1.54, 1.807) is 12.4 Å². The largest absolute Gasteiger partial charge is 0.377 e. The van der Waals surface area contributed by atoms with Crippen LogP contribution >= 0.6 is 0 Å². The second-order valence-electron chi connectivity index (χ2n) is 8.17. The van der Waals surface area contributed by atoms with E-state index < -0.39 is 10.0 Å². The molecule has 0 aromatic carbocycles. The Labute approximate surface area is 168 Å². The van der Waals surface area contributed by atoms with Crippen molar-refractivity contribution in [1.29, 1.82) is 0 Å². The van der Waals surface area contributed by atoms with Gasteiger partial charge in [0.05, 0.1) is 23.6 Å². The number of ether oxygens (including phenoxy) is 1. The van der Waals surface area contributed by atoms with Gasteiger partial charge in [0.2, 0.25) is 0 Å². The molecule has 4 atom stereocenters. The summed E-state index contributed by atoms with van der Waals surface area (Å²) in [6, 6.07) is 1.97. The van der Waals surface area contributed by atoms with E-state index in [1.165, 1.54) is 0 Å². The second kappa shape index (κ2) is 7.17. The predicted octanol–water partition coefficient (Wildman–Crippen LogP) is 2.31. The lowest BCUT2D eigenvalue weighted by Gasteiger charge is -2.13. The Balaban J connectivity index is 1.36. The number of aromatic amines is 1. The maximum atomic E-state index is 12.3. The summed E-state index contributed by atoms with van der Waals surface area (Å²) in [6.07, 6.45) is 8.36. The van der Waals surface area contributed by atoms with E-state index >= 15 is 0 Å². The highest BCUT2D eigenvalue weighted by Crippen LogP contribution is 2.42. The van der Waals surface area contributed by atoms with Gasteiger partial charge in [-0.15, -0.1) is 10.2 Å². The molecule has 5 rings (SSSR count). The molecule has 3 aromatic rings. The van der Waals surface area contributed by atoms with Gasteiger partial charge in [-0.2, -0.15) is 4.40 Å². The molecule has 2 unspecified atom stereocenters. The molecular weight excluding hydrogens is 392 g/mol. The Kier molecular flexibility index (Phi) is 4.62. The maximum Gasteiger partial charge on any atom is 0.255 e. The number of nitrogens with one attached hydrogen (secondary N) is 1. The molecule has 9 nitrogen and oxygen atoms in total. The van der Waals surface area contributed by atoms with Gasteiger partial charge in [-0.05, 0) is 43.6 Å². The molecule has 3 aromatic heterocycles. The SMILES string of the molecule is C[C@@H]1CC(/C=N/S(=O)(=O)CC2CCCO2)C[C@@H]1c1nnc2cnc3[nH]ccc3n12. The fourth-order valence-corrected chi connectivity index (χ4v) is 5.83. The van der Waals surface area contributed by atoms with Gasteiger partial charge in [0.15, 0.2) is 11.3 Å². The Bertz CT molecular complexity index is 1160. The number of nitrogens with zero attached hydrogens (tertiary/aromatic N) is 5. The molecule has 1 saturated carbocycles. The lowest BCUT2D eigenvalue weighted by Crippen LogP contribution is -2.18. The van der Waals surface area contributed by atoms with Crippen LogP contribution in [0.5, 0.6) is 0 Å². The second-order valence-corrected chi connectivity index (χ2v) is 9.88. The number of aromatic nitrogens is 5. The topological polar surface area (TPSA) is 115 Å². The van der Waals surface area contributed by atoms with Crippen LogP contribution in [0.3, 0.4) is 0 Å². The Morgan fingerprint density at radius 3 is 3.10 bits per heavy atom. The van der Waals surface area contributed by atoms with Crippen molar-refractivity contribution in [2.45, 2.75) is 44.6 Å². The van der Waals surface area contributed by atoms with Gasteiger partial charge in [-0.1, -0.05) is 6.92 Å². The molecule has 2 fully saturated rings. The molecule has 0 radical (unpaired) electrons. The van der Waals surface area contributed by atoms with Gasteiger partial charge in [-0.25, -0.2) is 13.4 Å². The molecule has 10 heteroatoms. The van der Waals surface area contributed by atoms with E-state index in [0.29, 0.717) is 12.5 Å². The molecule has 1 N–H and O–H groups in total. The normalized spacial score (nSPS) is 28.3. The fraction of sp³-hybridized carbons (Fsp3) is 0.579. The number of fused-ring (bicyclic) bond motifs is 3. The van der Waals surface area contributed by atoms with E-state index in [1.807, 2.05) is 16.7 Å². The van der Waals surface area contributed by atoms with E-state index in [4.69, 9.17) is 4.74 Å². The van der Waals surface area contributed by atoms with E-state index in [0.717, 1.165) is 48.3 Å². The summed E-state index contributed by atoms with van der Waals surface area (Å²) in [7, 11) is -3.50.